The number of rotatable bonds is 3. The van der Waals surface area contributed by atoms with Crippen LogP contribution < -0.4 is 5.32 Å². The number of anilines is 1. The lowest BCUT2D eigenvalue weighted by molar-refractivity contribution is 0.0982. The number of nitrogens with zero attached hydrogens (tertiary/aromatic N) is 2. The van der Waals surface area contributed by atoms with E-state index in [1.807, 2.05) is 0 Å². The summed E-state index contributed by atoms with van der Waals surface area (Å²) in [7, 11) is 0. The molecule has 0 spiro atoms. The van der Waals surface area contributed by atoms with Crippen LogP contribution in [-0.2, 0) is 0 Å². The van der Waals surface area contributed by atoms with Crippen molar-refractivity contribution in [1.82, 2.24) is 15.2 Å². The lowest BCUT2D eigenvalue weighted by atomic mass is 10.2. The highest BCUT2D eigenvalue weighted by atomic mass is 16.2. The molecule has 0 aliphatic rings. The average molecular weight is 230 g/mol. The molecule has 6 heteroatoms. The highest BCUT2D eigenvalue weighted by Gasteiger charge is 2.16. The van der Waals surface area contributed by atoms with Gasteiger partial charge in [-0.2, -0.15) is 5.10 Å². The van der Waals surface area contributed by atoms with Crippen LogP contribution >= 0.6 is 0 Å². The molecule has 1 amide bonds. The highest BCUT2D eigenvalue weighted by Crippen LogP contribution is 2.10. The Kier molecular flexibility index (Phi) is 2.95. The Hall–Kier alpha value is -2.50. The van der Waals surface area contributed by atoms with E-state index in [4.69, 9.17) is 0 Å². The molecule has 2 aromatic heterocycles. The minimum atomic E-state index is -0.392. The number of carbonyl (C=O) groups excluding carboxylic acids is 2. The number of pyridine rings is 1. The number of hydrogen-bond acceptors (Lipinski definition) is 4. The minimum Gasteiger partial charge on any atom is -0.320 e. The number of aromatic amines is 1. The van der Waals surface area contributed by atoms with Crippen LogP contribution in [0.1, 0.15) is 27.8 Å². The van der Waals surface area contributed by atoms with E-state index in [9.17, 15) is 9.59 Å². The molecule has 0 atom stereocenters. The lowest BCUT2D eigenvalue weighted by Crippen LogP contribution is -2.14. The van der Waals surface area contributed by atoms with E-state index < -0.39 is 5.91 Å². The third kappa shape index (κ3) is 2.36. The summed E-state index contributed by atoms with van der Waals surface area (Å²) in [5.74, 6) is -0.629. The van der Waals surface area contributed by atoms with Crippen LogP contribution in [0.2, 0.25) is 0 Å². The van der Waals surface area contributed by atoms with Gasteiger partial charge in [-0.15, -0.1) is 0 Å². The SMILES string of the molecule is CC(=O)c1[nH]ncc1C(=O)Nc1cccnc1. The molecule has 0 bridgehead atoms. The maximum atomic E-state index is 11.8. The van der Waals surface area contributed by atoms with Gasteiger partial charge in [-0.1, -0.05) is 0 Å². The van der Waals surface area contributed by atoms with E-state index in [0.717, 1.165) is 0 Å². The molecule has 0 aromatic carbocycles. The molecule has 2 N–H and O–H groups in total. The van der Waals surface area contributed by atoms with Gasteiger partial charge in [0.15, 0.2) is 5.78 Å². The zero-order valence-corrected chi connectivity index (χ0v) is 9.10. The number of nitrogens with one attached hydrogen (secondary N) is 2. The standard InChI is InChI=1S/C11H10N4O2/c1-7(16)10-9(6-13-15-10)11(17)14-8-3-2-4-12-5-8/h2-6H,1H3,(H,13,15)(H,14,17). The molecule has 86 valence electrons. The zero-order chi connectivity index (χ0) is 12.3. The molecule has 2 rings (SSSR count). The molecule has 0 saturated carbocycles. The number of amides is 1. The van der Waals surface area contributed by atoms with Crippen molar-refractivity contribution in [2.24, 2.45) is 0 Å². The summed E-state index contributed by atoms with van der Waals surface area (Å²) in [6.07, 6.45) is 4.45. The fourth-order valence-electron chi connectivity index (χ4n) is 1.36. The van der Waals surface area contributed by atoms with Crippen molar-refractivity contribution in [3.05, 3.63) is 42.0 Å². The molecule has 0 radical (unpaired) electrons. The maximum absolute atomic E-state index is 11.8. The fraction of sp³-hybridized carbons (Fsp3) is 0.0909. The van der Waals surface area contributed by atoms with Gasteiger partial charge in [0.25, 0.3) is 5.91 Å². The van der Waals surface area contributed by atoms with Gasteiger partial charge in [0.2, 0.25) is 0 Å². The first-order valence-corrected chi connectivity index (χ1v) is 4.94. The molecule has 0 fully saturated rings. The Morgan fingerprint density at radius 3 is 2.82 bits per heavy atom. The highest BCUT2D eigenvalue weighted by molar-refractivity contribution is 6.11. The lowest BCUT2D eigenvalue weighted by Gasteiger charge is -2.03. The van der Waals surface area contributed by atoms with Crippen LogP contribution in [0.3, 0.4) is 0 Å². The predicted octanol–water partition coefficient (Wildman–Crippen LogP) is 1.26. The van der Waals surface area contributed by atoms with Crippen LogP contribution in [0.25, 0.3) is 0 Å². The first-order chi connectivity index (χ1) is 8.18. The molecule has 6 nitrogen and oxygen atoms in total. The minimum absolute atomic E-state index is 0.200. The van der Waals surface area contributed by atoms with Gasteiger partial charge in [0, 0.05) is 13.1 Å². The number of H-pyrrole nitrogens is 1. The van der Waals surface area contributed by atoms with Crippen molar-refractivity contribution in [3.63, 3.8) is 0 Å². The molecule has 0 saturated heterocycles. The molecule has 17 heavy (non-hydrogen) atoms. The third-order valence-corrected chi connectivity index (χ3v) is 2.16. The van der Waals surface area contributed by atoms with Crippen molar-refractivity contribution >= 4 is 17.4 Å². The van der Waals surface area contributed by atoms with Crippen LogP contribution in [0.4, 0.5) is 5.69 Å². The van der Waals surface area contributed by atoms with E-state index in [1.165, 1.54) is 19.3 Å². The van der Waals surface area contributed by atoms with Crippen LogP contribution in [0.15, 0.2) is 30.7 Å². The number of carbonyl (C=O) groups is 2. The van der Waals surface area contributed by atoms with Gasteiger partial charge in [0.05, 0.1) is 23.6 Å². The molecule has 2 aromatic rings. The normalized spacial score (nSPS) is 9.94. The van der Waals surface area contributed by atoms with Gasteiger partial charge >= 0.3 is 0 Å². The fourth-order valence-corrected chi connectivity index (χ4v) is 1.36. The summed E-state index contributed by atoms with van der Waals surface area (Å²) in [6.45, 7) is 1.37. The van der Waals surface area contributed by atoms with Crippen LogP contribution in [-0.4, -0.2) is 26.9 Å². The third-order valence-electron chi connectivity index (χ3n) is 2.16. The summed E-state index contributed by atoms with van der Waals surface area (Å²) >= 11 is 0. The van der Waals surface area contributed by atoms with Gasteiger partial charge in [-0.25, -0.2) is 0 Å². The Morgan fingerprint density at radius 1 is 1.35 bits per heavy atom. The summed E-state index contributed by atoms with van der Waals surface area (Å²) in [6, 6.07) is 3.41. The maximum Gasteiger partial charge on any atom is 0.259 e. The number of Topliss-reactive ketones (excluding diaryl/α,β-unsaturated/α-hetero) is 1. The quantitative estimate of drug-likeness (QED) is 0.777. The largest absolute Gasteiger partial charge is 0.320 e. The molecule has 2 heterocycles. The second-order valence-electron chi connectivity index (χ2n) is 3.41. The second-order valence-corrected chi connectivity index (χ2v) is 3.41. The Morgan fingerprint density at radius 2 is 2.18 bits per heavy atom. The van der Waals surface area contributed by atoms with Crippen molar-refractivity contribution in [1.29, 1.82) is 0 Å². The molecule has 0 aliphatic heterocycles. The van der Waals surface area contributed by atoms with E-state index in [1.54, 1.807) is 18.3 Å². The van der Waals surface area contributed by atoms with Gasteiger partial charge in [0.1, 0.15) is 5.69 Å². The summed E-state index contributed by atoms with van der Waals surface area (Å²) in [5, 5.41) is 8.81. The van der Waals surface area contributed by atoms with Gasteiger partial charge < -0.3 is 5.32 Å². The monoisotopic (exact) mass is 230 g/mol. The van der Waals surface area contributed by atoms with Crippen LogP contribution in [0, 0.1) is 0 Å². The summed E-state index contributed by atoms with van der Waals surface area (Å²) in [4.78, 5) is 26.9. The van der Waals surface area contributed by atoms with E-state index in [-0.39, 0.29) is 17.0 Å². The van der Waals surface area contributed by atoms with Crippen molar-refractivity contribution < 1.29 is 9.59 Å². The molecular weight excluding hydrogens is 220 g/mol. The first-order valence-electron chi connectivity index (χ1n) is 4.94. The van der Waals surface area contributed by atoms with Gasteiger partial charge in [-0.05, 0) is 12.1 Å². The van der Waals surface area contributed by atoms with E-state index in [0.29, 0.717) is 5.69 Å². The number of aromatic nitrogens is 3. The Balaban J connectivity index is 2.21. The average Bonchev–Trinajstić information content (AvgIpc) is 2.79. The summed E-state index contributed by atoms with van der Waals surface area (Å²) < 4.78 is 0. The zero-order valence-electron chi connectivity index (χ0n) is 9.10. The van der Waals surface area contributed by atoms with Crippen molar-refractivity contribution in [2.75, 3.05) is 5.32 Å². The Labute approximate surface area is 97.1 Å². The van der Waals surface area contributed by atoms with Crippen LogP contribution in [0.5, 0.6) is 0 Å². The topological polar surface area (TPSA) is 87.7 Å². The van der Waals surface area contributed by atoms with Crippen molar-refractivity contribution in [3.8, 4) is 0 Å². The second kappa shape index (κ2) is 4.56. The smallest absolute Gasteiger partial charge is 0.259 e. The van der Waals surface area contributed by atoms with Gasteiger partial charge in [-0.3, -0.25) is 19.7 Å². The van der Waals surface area contributed by atoms with E-state index in [2.05, 4.69) is 20.5 Å². The van der Waals surface area contributed by atoms with E-state index >= 15 is 0 Å². The predicted molar refractivity (Wildman–Crippen MR) is 60.8 cm³/mol. The molecule has 0 aliphatic carbocycles. The number of hydrogen-bond donors (Lipinski definition) is 2. The molecule has 0 unspecified atom stereocenters. The first kappa shape index (κ1) is 11.0. The van der Waals surface area contributed by atoms with Crippen molar-refractivity contribution in [2.45, 2.75) is 6.92 Å². The molecular formula is C11H10N4O2. The number of ketones is 1. The Bertz CT molecular complexity index is 548. The summed E-state index contributed by atoms with van der Waals surface area (Å²) in [5.41, 5.74) is 0.987.